The van der Waals surface area contributed by atoms with Gasteiger partial charge in [-0.15, -0.1) is 0 Å². The predicted molar refractivity (Wildman–Crippen MR) is 107 cm³/mol. The number of nitro benzene ring substituents is 1. The molecule has 0 radical (unpaired) electrons. The van der Waals surface area contributed by atoms with E-state index < -0.39 is 10.9 Å². The van der Waals surface area contributed by atoms with E-state index in [1.54, 1.807) is 11.8 Å². The van der Waals surface area contributed by atoms with E-state index in [1.807, 2.05) is 9.80 Å². The zero-order chi connectivity index (χ0) is 21.7. The Morgan fingerprint density at radius 3 is 2.20 bits per heavy atom. The molecule has 1 aromatic carbocycles. The van der Waals surface area contributed by atoms with E-state index in [0.717, 1.165) is 32.0 Å². The van der Waals surface area contributed by atoms with Gasteiger partial charge in [-0.25, -0.2) is 4.79 Å². The molecule has 0 N–H and O–H groups in total. The Hall–Kier alpha value is -3.01. The van der Waals surface area contributed by atoms with Crippen LogP contribution in [0.5, 0.6) is 0 Å². The topological polar surface area (TPSA) is 113 Å². The molecule has 2 aliphatic rings. The van der Waals surface area contributed by atoms with Crippen molar-refractivity contribution in [2.75, 3.05) is 52.4 Å². The van der Waals surface area contributed by atoms with Gasteiger partial charge in [-0.05, 0) is 25.8 Å². The minimum Gasteiger partial charge on any atom is -0.462 e. The minimum atomic E-state index is -0.708. The van der Waals surface area contributed by atoms with E-state index in [0.29, 0.717) is 32.7 Å². The van der Waals surface area contributed by atoms with Gasteiger partial charge in [0, 0.05) is 57.0 Å². The Labute approximate surface area is 174 Å². The minimum absolute atomic E-state index is 0.0238. The SMILES string of the molecule is CCOC(=O)c1cc(C(=O)N2CCN(CC(=O)N3CCCC3)CC2)cc([N+](=O)[O-])c1. The monoisotopic (exact) mass is 418 g/mol. The van der Waals surface area contributed by atoms with Crippen molar-refractivity contribution in [1.82, 2.24) is 14.7 Å². The molecule has 2 saturated heterocycles. The summed E-state index contributed by atoms with van der Waals surface area (Å²) in [6, 6.07) is 3.61. The summed E-state index contributed by atoms with van der Waals surface area (Å²) >= 11 is 0. The fraction of sp³-hybridized carbons (Fsp3) is 0.550. The number of ether oxygens (including phenoxy) is 1. The summed E-state index contributed by atoms with van der Waals surface area (Å²) in [5, 5.41) is 11.2. The quantitative estimate of drug-likeness (QED) is 0.387. The Kier molecular flexibility index (Phi) is 6.99. The molecule has 2 heterocycles. The number of rotatable bonds is 6. The Morgan fingerprint density at radius 1 is 0.967 bits per heavy atom. The number of amides is 2. The fourth-order valence-electron chi connectivity index (χ4n) is 3.72. The summed E-state index contributed by atoms with van der Waals surface area (Å²) in [5.74, 6) is -0.972. The number of non-ortho nitro benzene ring substituents is 1. The number of esters is 1. The Bertz CT molecular complexity index is 829. The molecule has 0 saturated carbocycles. The molecule has 0 spiro atoms. The molecule has 10 heteroatoms. The van der Waals surface area contributed by atoms with Gasteiger partial charge in [0.25, 0.3) is 11.6 Å². The smallest absolute Gasteiger partial charge is 0.338 e. The van der Waals surface area contributed by atoms with Gasteiger partial charge in [-0.3, -0.25) is 24.6 Å². The van der Waals surface area contributed by atoms with Crippen LogP contribution in [-0.4, -0.2) is 89.8 Å². The maximum absolute atomic E-state index is 12.9. The highest BCUT2D eigenvalue weighted by atomic mass is 16.6. The van der Waals surface area contributed by atoms with Crippen LogP contribution in [0.1, 0.15) is 40.5 Å². The molecular weight excluding hydrogens is 392 g/mol. The third-order valence-corrected chi connectivity index (χ3v) is 5.36. The molecule has 0 atom stereocenters. The zero-order valence-electron chi connectivity index (χ0n) is 17.0. The van der Waals surface area contributed by atoms with Crippen LogP contribution >= 0.6 is 0 Å². The molecule has 2 amide bonds. The van der Waals surface area contributed by atoms with Crippen LogP contribution in [-0.2, 0) is 9.53 Å². The van der Waals surface area contributed by atoms with Crippen LogP contribution in [0.4, 0.5) is 5.69 Å². The summed E-state index contributed by atoms with van der Waals surface area (Å²) in [5.41, 5.74) is -0.281. The number of nitro groups is 1. The molecule has 2 aliphatic heterocycles. The number of nitrogens with zero attached hydrogens (tertiary/aromatic N) is 4. The third-order valence-electron chi connectivity index (χ3n) is 5.36. The summed E-state index contributed by atoms with van der Waals surface area (Å²) in [6.45, 7) is 5.63. The number of carbonyl (C=O) groups is 3. The molecule has 3 rings (SSSR count). The molecule has 2 fully saturated rings. The van der Waals surface area contributed by atoms with Crippen molar-refractivity contribution in [3.05, 3.63) is 39.4 Å². The van der Waals surface area contributed by atoms with E-state index in [1.165, 1.54) is 12.1 Å². The first-order valence-corrected chi connectivity index (χ1v) is 10.1. The number of likely N-dealkylation sites (tertiary alicyclic amines) is 1. The van der Waals surface area contributed by atoms with E-state index in [2.05, 4.69) is 0 Å². The number of piperazine rings is 1. The summed E-state index contributed by atoms with van der Waals surface area (Å²) in [6.07, 6.45) is 2.09. The summed E-state index contributed by atoms with van der Waals surface area (Å²) in [4.78, 5) is 53.3. The number of hydrogen-bond acceptors (Lipinski definition) is 7. The first-order valence-electron chi connectivity index (χ1n) is 10.1. The zero-order valence-corrected chi connectivity index (χ0v) is 17.0. The average molecular weight is 418 g/mol. The van der Waals surface area contributed by atoms with Crippen molar-refractivity contribution in [2.45, 2.75) is 19.8 Å². The van der Waals surface area contributed by atoms with E-state index in [4.69, 9.17) is 4.74 Å². The van der Waals surface area contributed by atoms with Gasteiger partial charge in [0.05, 0.1) is 23.6 Å². The van der Waals surface area contributed by atoms with Crippen molar-refractivity contribution in [2.24, 2.45) is 0 Å². The van der Waals surface area contributed by atoms with Crippen LogP contribution < -0.4 is 0 Å². The van der Waals surface area contributed by atoms with E-state index in [-0.39, 0.29) is 35.2 Å². The lowest BCUT2D eigenvalue weighted by Crippen LogP contribution is -2.51. The first-order chi connectivity index (χ1) is 14.4. The fourth-order valence-corrected chi connectivity index (χ4v) is 3.72. The van der Waals surface area contributed by atoms with Crippen LogP contribution in [0.25, 0.3) is 0 Å². The second-order valence-corrected chi connectivity index (χ2v) is 7.40. The Balaban J connectivity index is 1.64. The van der Waals surface area contributed by atoms with Crippen molar-refractivity contribution < 1.29 is 24.0 Å². The highest BCUT2D eigenvalue weighted by Crippen LogP contribution is 2.20. The van der Waals surface area contributed by atoms with Gasteiger partial charge in [0.15, 0.2) is 0 Å². The van der Waals surface area contributed by atoms with Gasteiger partial charge in [-0.1, -0.05) is 0 Å². The molecule has 10 nitrogen and oxygen atoms in total. The summed E-state index contributed by atoms with van der Waals surface area (Å²) < 4.78 is 4.91. The molecule has 1 aromatic rings. The van der Waals surface area contributed by atoms with Gasteiger partial charge in [0.2, 0.25) is 5.91 Å². The largest absolute Gasteiger partial charge is 0.462 e. The maximum Gasteiger partial charge on any atom is 0.338 e. The second kappa shape index (κ2) is 9.66. The average Bonchev–Trinajstić information content (AvgIpc) is 3.29. The van der Waals surface area contributed by atoms with Crippen molar-refractivity contribution in [3.63, 3.8) is 0 Å². The second-order valence-electron chi connectivity index (χ2n) is 7.40. The van der Waals surface area contributed by atoms with Gasteiger partial charge in [-0.2, -0.15) is 0 Å². The number of benzene rings is 1. The molecule has 30 heavy (non-hydrogen) atoms. The van der Waals surface area contributed by atoms with Gasteiger partial charge >= 0.3 is 5.97 Å². The standard InChI is InChI=1S/C20H26N4O6/c1-2-30-20(27)16-11-15(12-17(13-16)24(28)29)19(26)23-9-7-21(8-10-23)14-18(25)22-5-3-4-6-22/h11-13H,2-10,14H2,1H3. The molecule has 162 valence electrons. The van der Waals surface area contributed by atoms with Crippen LogP contribution in [0.2, 0.25) is 0 Å². The highest BCUT2D eigenvalue weighted by molar-refractivity contribution is 5.99. The molecule has 0 bridgehead atoms. The maximum atomic E-state index is 12.9. The van der Waals surface area contributed by atoms with E-state index in [9.17, 15) is 24.5 Å². The van der Waals surface area contributed by atoms with Gasteiger partial charge in [0.1, 0.15) is 0 Å². The molecule has 0 aliphatic carbocycles. The molecular formula is C20H26N4O6. The first kappa shape index (κ1) is 21.7. The summed E-state index contributed by atoms with van der Waals surface area (Å²) in [7, 11) is 0. The highest BCUT2D eigenvalue weighted by Gasteiger charge is 2.27. The lowest BCUT2D eigenvalue weighted by molar-refractivity contribution is -0.384. The lowest BCUT2D eigenvalue weighted by Gasteiger charge is -2.35. The lowest BCUT2D eigenvalue weighted by atomic mass is 10.1. The van der Waals surface area contributed by atoms with Crippen molar-refractivity contribution in [1.29, 1.82) is 0 Å². The van der Waals surface area contributed by atoms with Gasteiger partial charge < -0.3 is 14.5 Å². The van der Waals surface area contributed by atoms with Crippen LogP contribution in [0.3, 0.4) is 0 Å². The predicted octanol–water partition coefficient (Wildman–Crippen LogP) is 1.15. The third kappa shape index (κ3) is 5.12. The van der Waals surface area contributed by atoms with E-state index >= 15 is 0 Å². The molecule has 0 aromatic heterocycles. The number of hydrogen-bond donors (Lipinski definition) is 0. The molecule has 0 unspecified atom stereocenters. The Morgan fingerprint density at radius 2 is 1.60 bits per heavy atom. The number of carbonyl (C=O) groups excluding carboxylic acids is 3. The van der Waals surface area contributed by atoms with Crippen molar-refractivity contribution in [3.8, 4) is 0 Å². The van der Waals surface area contributed by atoms with Crippen LogP contribution in [0.15, 0.2) is 18.2 Å². The van der Waals surface area contributed by atoms with Crippen molar-refractivity contribution >= 4 is 23.5 Å². The normalized spacial score (nSPS) is 17.1. The van der Waals surface area contributed by atoms with Crippen LogP contribution in [0, 0.1) is 10.1 Å².